The van der Waals surface area contributed by atoms with Crippen molar-refractivity contribution in [2.24, 2.45) is 11.3 Å². The Labute approximate surface area is 122 Å². The molecule has 1 heterocycles. The largest absolute Gasteiger partial charge is 0.495 e. The predicted octanol–water partition coefficient (Wildman–Crippen LogP) is 3.43. The monoisotopic (exact) mass is 272 g/mol. The van der Waals surface area contributed by atoms with Crippen molar-refractivity contribution in [3.8, 4) is 11.8 Å². The number of nitriles is 1. The molecule has 0 amide bonds. The van der Waals surface area contributed by atoms with E-state index in [0.29, 0.717) is 16.7 Å². The highest BCUT2D eigenvalue weighted by Crippen LogP contribution is 2.34. The van der Waals surface area contributed by atoms with Crippen LogP contribution in [0.1, 0.15) is 38.3 Å². The molecule has 20 heavy (non-hydrogen) atoms. The van der Waals surface area contributed by atoms with E-state index in [4.69, 9.17) is 10.00 Å². The Morgan fingerprint density at radius 1 is 1.40 bits per heavy atom. The first-order valence-corrected chi connectivity index (χ1v) is 7.23. The summed E-state index contributed by atoms with van der Waals surface area (Å²) in [6.07, 6.45) is 1.27. The summed E-state index contributed by atoms with van der Waals surface area (Å²) in [5.74, 6) is 1.42. The van der Waals surface area contributed by atoms with E-state index in [1.165, 1.54) is 12.0 Å². The fourth-order valence-electron chi connectivity index (χ4n) is 2.88. The van der Waals surface area contributed by atoms with Gasteiger partial charge in [-0.3, -0.25) is 4.90 Å². The van der Waals surface area contributed by atoms with Crippen molar-refractivity contribution in [2.75, 3.05) is 20.2 Å². The quantitative estimate of drug-likeness (QED) is 0.845. The minimum atomic E-state index is 0.381. The smallest absolute Gasteiger partial charge is 0.136 e. The molecule has 0 saturated carbocycles. The molecule has 2 rings (SSSR count). The minimum absolute atomic E-state index is 0.381. The molecule has 1 fully saturated rings. The molecule has 1 unspecified atom stereocenters. The van der Waals surface area contributed by atoms with Gasteiger partial charge in [-0.15, -0.1) is 0 Å². The standard InChI is InChI=1S/C17H24N2O/c1-17(2,3)15-7-8-19(12-15)11-13-5-6-16(20-4)14(9-13)10-18/h5-6,9,15H,7-8,11-12H2,1-4H3. The van der Waals surface area contributed by atoms with Gasteiger partial charge < -0.3 is 4.74 Å². The van der Waals surface area contributed by atoms with Gasteiger partial charge in [-0.05, 0) is 42.0 Å². The Balaban J connectivity index is 2.03. The number of hydrogen-bond donors (Lipinski definition) is 0. The topological polar surface area (TPSA) is 36.3 Å². The van der Waals surface area contributed by atoms with Gasteiger partial charge in [0.2, 0.25) is 0 Å². The van der Waals surface area contributed by atoms with Crippen molar-refractivity contribution in [2.45, 2.75) is 33.7 Å². The first kappa shape index (κ1) is 14.9. The van der Waals surface area contributed by atoms with Gasteiger partial charge in [0.05, 0.1) is 12.7 Å². The number of likely N-dealkylation sites (tertiary alicyclic amines) is 1. The van der Waals surface area contributed by atoms with Crippen LogP contribution in [0.5, 0.6) is 5.75 Å². The second-order valence-electron chi connectivity index (χ2n) is 6.73. The average molecular weight is 272 g/mol. The van der Waals surface area contributed by atoms with Crippen LogP contribution in [-0.4, -0.2) is 25.1 Å². The Morgan fingerprint density at radius 2 is 2.15 bits per heavy atom. The highest BCUT2D eigenvalue weighted by atomic mass is 16.5. The molecule has 1 aromatic carbocycles. The van der Waals surface area contributed by atoms with Crippen molar-refractivity contribution in [3.63, 3.8) is 0 Å². The normalized spacial score (nSPS) is 19.9. The molecule has 3 nitrogen and oxygen atoms in total. The van der Waals surface area contributed by atoms with Crippen molar-refractivity contribution in [3.05, 3.63) is 29.3 Å². The molecule has 1 saturated heterocycles. The molecule has 0 spiro atoms. The number of ether oxygens (including phenoxy) is 1. The van der Waals surface area contributed by atoms with E-state index in [2.05, 4.69) is 37.8 Å². The van der Waals surface area contributed by atoms with Crippen molar-refractivity contribution >= 4 is 0 Å². The van der Waals surface area contributed by atoms with Gasteiger partial charge in [-0.25, -0.2) is 0 Å². The third-order valence-electron chi connectivity index (χ3n) is 4.29. The summed E-state index contributed by atoms with van der Waals surface area (Å²) >= 11 is 0. The van der Waals surface area contributed by atoms with Crippen LogP contribution < -0.4 is 4.74 Å². The van der Waals surface area contributed by atoms with E-state index in [-0.39, 0.29) is 0 Å². The van der Waals surface area contributed by atoms with Gasteiger partial charge in [0, 0.05) is 13.1 Å². The second-order valence-corrected chi connectivity index (χ2v) is 6.73. The SMILES string of the molecule is COc1ccc(CN2CCC(C(C)(C)C)C2)cc1C#N. The molecular formula is C17H24N2O. The molecule has 3 heteroatoms. The zero-order valence-corrected chi connectivity index (χ0v) is 12.9. The lowest BCUT2D eigenvalue weighted by atomic mass is 9.80. The van der Waals surface area contributed by atoms with E-state index in [1.807, 2.05) is 12.1 Å². The Bertz CT molecular complexity index is 511. The Morgan fingerprint density at radius 3 is 2.70 bits per heavy atom. The maximum Gasteiger partial charge on any atom is 0.136 e. The van der Waals surface area contributed by atoms with Gasteiger partial charge in [0.1, 0.15) is 11.8 Å². The van der Waals surface area contributed by atoms with Crippen LogP contribution in [0.4, 0.5) is 0 Å². The van der Waals surface area contributed by atoms with E-state index >= 15 is 0 Å². The lowest BCUT2D eigenvalue weighted by molar-refractivity contribution is 0.226. The maximum absolute atomic E-state index is 9.14. The zero-order valence-electron chi connectivity index (χ0n) is 12.9. The summed E-state index contributed by atoms with van der Waals surface area (Å²) in [7, 11) is 1.60. The third-order valence-corrected chi connectivity index (χ3v) is 4.29. The molecule has 1 aliphatic heterocycles. The van der Waals surface area contributed by atoms with E-state index in [0.717, 1.165) is 25.6 Å². The molecule has 0 aliphatic carbocycles. The van der Waals surface area contributed by atoms with Gasteiger partial charge in [-0.2, -0.15) is 5.26 Å². The third kappa shape index (κ3) is 3.32. The molecule has 1 aromatic rings. The molecular weight excluding hydrogens is 248 g/mol. The number of hydrogen-bond acceptors (Lipinski definition) is 3. The van der Waals surface area contributed by atoms with Crippen molar-refractivity contribution < 1.29 is 4.74 Å². The molecule has 1 aliphatic rings. The summed E-state index contributed by atoms with van der Waals surface area (Å²) in [5, 5.41) is 9.14. The van der Waals surface area contributed by atoms with Gasteiger partial charge in [0.15, 0.2) is 0 Å². The fraction of sp³-hybridized carbons (Fsp3) is 0.588. The summed E-state index contributed by atoms with van der Waals surface area (Å²) < 4.78 is 5.19. The summed E-state index contributed by atoms with van der Waals surface area (Å²) in [5.41, 5.74) is 2.19. The van der Waals surface area contributed by atoms with Gasteiger partial charge in [0.25, 0.3) is 0 Å². The lowest BCUT2D eigenvalue weighted by Gasteiger charge is -2.27. The van der Waals surface area contributed by atoms with Crippen molar-refractivity contribution in [1.29, 1.82) is 5.26 Å². The summed E-state index contributed by atoms with van der Waals surface area (Å²) in [6.45, 7) is 10.2. The minimum Gasteiger partial charge on any atom is -0.495 e. The van der Waals surface area contributed by atoms with Crippen LogP contribution >= 0.6 is 0 Å². The molecule has 108 valence electrons. The van der Waals surface area contributed by atoms with Crippen LogP contribution in [0.15, 0.2) is 18.2 Å². The summed E-state index contributed by atoms with van der Waals surface area (Å²) in [4.78, 5) is 2.49. The first-order chi connectivity index (χ1) is 9.44. The highest BCUT2D eigenvalue weighted by molar-refractivity contribution is 5.45. The highest BCUT2D eigenvalue weighted by Gasteiger charge is 2.31. The van der Waals surface area contributed by atoms with Crippen molar-refractivity contribution in [1.82, 2.24) is 4.90 Å². The molecule has 0 N–H and O–H groups in total. The van der Waals surface area contributed by atoms with Crippen LogP contribution in [0.2, 0.25) is 0 Å². The fourth-order valence-corrected chi connectivity index (χ4v) is 2.88. The first-order valence-electron chi connectivity index (χ1n) is 7.23. The molecule has 0 aromatic heterocycles. The van der Waals surface area contributed by atoms with Gasteiger partial charge >= 0.3 is 0 Å². The zero-order chi connectivity index (χ0) is 14.8. The average Bonchev–Trinajstić information content (AvgIpc) is 2.87. The van der Waals surface area contributed by atoms with Crippen LogP contribution in [-0.2, 0) is 6.54 Å². The lowest BCUT2D eigenvalue weighted by Crippen LogP contribution is -2.25. The Kier molecular flexibility index (Phi) is 4.35. The number of rotatable bonds is 3. The number of methoxy groups -OCH3 is 1. The number of benzene rings is 1. The molecule has 1 atom stereocenters. The summed E-state index contributed by atoms with van der Waals surface area (Å²) in [6, 6.07) is 8.10. The van der Waals surface area contributed by atoms with Crippen LogP contribution in [0.25, 0.3) is 0 Å². The second kappa shape index (κ2) is 5.85. The van der Waals surface area contributed by atoms with Gasteiger partial charge in [-0.1, -0.05) is 26.8 Å². The maximum atomic E-state index is 9.14. The molecule has 0 radical (unpaired) electrons. The van der Waals surface area contributed by atoms with E-state index in [9.17, 15) is 0 Å². The predicted molar refractivity (Wildman–Crippen MR) is 80.5 cm³/mol. The van der Waals surface area contributed by atoms with Crippen LogP contribution in [0.3, 0.4) is 0 Å². The van der Waals surface area contributed by atoms with Crippen LogP contribution in [0, 0.1) is 22.7 Å². The van der Waals surface area contributed by atoms with E-state index < -0.39 is 0 Å². The Hall–Kier alpha value is -1.53. The van der Waals surface area contributed by atoms with E-state index in [1.54, 1.807) is 7.11 Å². The molecule has 0 bridgehead atoms. The number of nitrogens with zero attached hydrogens (tertiary/aromatic N) is 2.